The number of para-hydroxylation sites is 2. The van der Waals surface area contributed by atoms with E-state index in [-0.39, 0.29) is 23.7 Å². The van der Waals surface area contributed by atoms with Crippen LogP contribution in [0.3, 0.4) is 0 Å². The van der Waals surface area contributed by atoms with E-state index in [4.69, 9.17) is 4.99 Å². The van der Waals surface area contributed by atoms with Gasteiger partial charge in [-0.05, 0) is 30.3 Å². The third-order valence-corrected chi connectivity index (χ3v) is 4.54. The van der Waals surface area contributed by atoms with Gasteiger partial charge in [0.15, 0.2) is 0 Å². The van der Waals surface area contributed by atoms with Crippen molar-refractivity contribution >= 4 is 5.71 Å². The molecule has 2 heterocycles. The molecule has 0 saturated carbocycles. The van der Waals surface area contributed by atoms with Crippen molar-refractivity contribution in [1.82, 2.24) is 10.3 Å². The molecule has 0 fully saturated rings. The molecule has 0 aliphatic carbocycles. The Bertz CT molecular complexity index is 941. The summed E-state index contributed by atoms with van der Waals surface area (Å²) < 4.78 is 0. The lowest BCUT2D eigenvalue weighted by Crippen LogP contribution is -2.33. The molecule has 1 aliphatic rings. The van der Waals surface area contributed by atoms with Crippen LogP contribution in [0.1, 0.15) is 35.4 Å². The highest BCUT2D eigenvalue weighted by molar-refractivity contribution is 6.03. The number of aromatic nitrogens is 1. The van der Waals surface area contributed by atoms with Gasteiger partial charge in [0.25, 0.3) is 0 Å². The predicted octanol–water partition coefficient (Wildman–Crippen LogP) is 3.72. The van der Waals surface area contributed by atoms with Crippen LogP contribution in [0.25, 0.3) is 0 Å². The van der Waals surface area contributed by atoms with Crippen LogP contribution in [0.5, 0.6) is 11.5 Å². The van der Waals surface area contributed by atoms with Gasteiger partial charge in [-0.3, -0.25) is 15.3 Å². The lowest BCUT2D eigenvalue weighted by molar-refractivity contribution is 0.408. The van der Waals surface area contributed by atoms with Crippen molar-refractivity contribution < 1.29 is 10.2 Å². The number of nitrogens with one attached hydrogen (secondary N) is 1. The molecule has 0 radical (unpaired) electrons. The van der Waals surface area contributed by atoms with Crippen molar-refractivity contribution in [2.45, 2.75) is 18.6 Å². The van der Waals surface area contributed by atoms with Crippen molar-refractivity contribution in [3.8, 4) is 11.5 Å². The fraction of sp³-hybridized carbons (Fsp3) is 0.143. The molecule has 5 heteroatoms. The van der Waals surface area contributed by atoms with Crippen molar-refractivity contribution in [2.75, 3.05) is 0 Å². The number of hydrogen-bond acceptors (Lipinski definition) is 5. The molecule has 2 aromatic carbocycles. The fourth-order valence-electron chi connectivity index (χ4n) is 3.26. The second-order valence-corrected chi connectivity index (χ2v) is 6.23. The largest absolute Gasteiger partial charge is 0.508 e. The SMILES string of the molecule is Oc1ccccc1C1=NC(c2ccccn2)NC(c2ccccc2O)C1. The first kappa shape index (κ1) is 16.3. The van der Waals surface area contributed by atoms with Crippen LogP contribution in [-0.4, -0.2) is 20.9 Å². The number of aromatic hydroxyl groups is 2. The van der Waals surface area contributed by atoms with E-state index >= 15 is 0 Å². The molecule has 1 aromatic heterocycles. The summed E-state index contributed by atoms with van der Waals surface area (Å²) in [7, 11) is 0. The molecule has 2 atom stereocenters. The van der Waals surface area contributed by atoms with Crippen molar-refractivity contribution in [2.24, 2.45) is 4.99 Å². The molecule has 4 rings (SSSR count). The van der Waals surface area contributed by atoms with Crippen LogP contribution in [0.2, 0.25) is 0 Å². The molecule has 5 nitrogen and oxygen atoms in total. The van der Waals surface area contributed by atoms with Crippen molar-refractivity contribution in [3.05, 3.63) is 89.7 Å². The molecule has 1 aliphatic heterocycles. The maximum atomic E-state index is 10.3. The predicted molar refractivity (Wildman–Crippen MR) is 100 cm³/mol. The molecule has 0 amide bonds. The summed E-state index contributed by atoms with van der Waals surface area (Å²) >= 11 is 0. The van der Waals surface area contributed by atoms with Gasteiger partial charge in [-0.1, -0.05) is 36.4 Å². The van der Waals surface area contributed by atoms with Gasteiger partial charge in [0, 0.05) is 29.8 Å². The number of hydrogen-bond donors (Lipinski definition) is 3. The van der Waals surface area contributed by atoms with Crippen LogP contribution in [0.15, 0.2) is 77.9 Å². The highest BCUT2D eigenvalue weighted by atomic mass is 16.3. The Morgan fingerprint density at radius 2 is 1.58 bits per heavy atom. The van der Waals surface area contributed by atoms with E-state index in [0.29, 0.717) is 12.0 Å². The van der Waals surface area contributed by atoms with Crippen LogP contribution in [-0.2, 0) is 0 Å². The van der Waals surface area contributed by atoms with E-state index in [1.807, 2.05) is 42.5 Å². The van der Waals surface area contributed by atoms with E-state index in [2.05, 4.69) is 10.3 Å². The zero-order valence-corrected chi connectivity index (χ0v) is 14.1. The van der Waals surface area contributed by atoms with Gasteiger partial charge in [-0.2, -0.15) is 0 Å². The maximum Gasteiger partial charge on any atom is 0.143 e. The molecule has 3 N–H and O–H groups in total. The normalized spacial score (nSPS) is 19.8. The van der Waals surface area contributed by atoms with E-state index in [0.717, 1.165) is 17.0 Å². The van der Waals surface area contributed by atoms with Gasteiger partial charge >= 0.3 is 0 Å². The maximum absolute atomic E-state index is 10.3. The number of aliphatic imine (C=N–C) groups is 1. The second-order valence-electron chi connectivity index (χ2n) is 6.23. The molecule has 0 bridgehead atoms. The molecular formula is C21H19N3O2. The minimum absolute atomic E-state index is 0.143. The van der Waals surface area contributed by atoms with E-state index < -0.39 is 0 Å². The molecule has 2 unspecified atom stereocenters. The Balaban J connectivity index is 1.78. The lowest BCUT2D eigenvalue weighted by atomic mass is 9.93. The number of pyridine rings is 1. The summed E-state index contributed by atoms with van der Waals surface area (Å²) in [5.74, 6) is 0.437. The summed E-state index contributed by atoms with van der Waals surface area (Å²) in [5, 5.41) is 24.0. The van der Waals surface area contributed by atoms with Gasteiger partial charge in [-0.15, -0.1) is 0 Å². The Labute approximate surface area is 151 Å². The van der Waals surface area contributed by atoms with Crippen molar-refractivity contribution in [3.63, 3.8) is 0 Å². The standard InChI is InChI=1S/C21H19N3O2/c25-19-10-3-1-7-14(19)17-13-18(15-8-2-4-11-20(15)26)24-21(23-17)16-9-5-6-12-22-16/h1-12,17,21,23,25-26H,13H2. The zero-order chi connectivity index (χ0) is 17.9. The third kappa shape index (κ3) is 3.17. The molecule has 130 valence electrons. The molecule has 0 saturated heterocycles. The fourth-order valence-corrected chi connectivity index (χ4v) is 3.26. The quantitative estimate of drug-likeness (QED) is 0.676. The average Bonchev–Trinajstić information content (AvgIpc) is 2.69. The highest BCUT2D eigenvalue weighted by Crippen LogP contribution is 2.35. The monoisotopic (exact) mass is 345 g/mol. The third-order valence-electron chi connectivity index (χ3n) is 4.54. The minimum atomic E-state index is -0.357. The van der Waals surface area contributed by atoms with Gasteiger partial charge in [-0.25, -0.2) is 0 Å². The Morgan fingerprint density at radius 3 is 2.31 bits per heavy atom. The first-order valence-corrected chi connectivity index (χ1v) is 8.52. The van der Waals surface area contributed by atoms with Crippen molar-refractivity contribution in [1.29, 1.82) is 0 Å². The van der Waals surface area contributed by atoms with E-state index in [1.54, 1.807) is 30.5 Å². The van der Waals surface area contributed by atoms with Crippen LogP contribution < -0.4 is 5.32 Å². The van der Waals surface area contributed by atoms with Crippen LogP contribution in [0, 0.1) is 0 Å². The summed E-state index contributed by atoms with van der Waals surface area (Å²) in [5.41, 5.74) is 3.08. The summed E-state index contributed by atoms with van der Waals surface area (Å²) in [6, 6.07) is 20.0. The van der Waals surface area contributed by atoms with Gasteiger partial charge in [0.05, 0.1) is 11.4 Å². The minimum Gasteiger partial charge on any atom is -0.508 e. The first-order valence-electron chi connectivity index (χ1n) is 8.52. The molecule has 3 aromatic rings. The Hall–Kier alpha value is -3.18. The van der Waals surface area contributed by atoms with Gasteiger partial charge in [0.1, 0.15) is 17.7 Å². The topological polar surface area (TPSA) is 77.7 Å². The zero-order valence-electron chi connectivity index (χ0n) is 14.1. The molecule has 26 heavy (non-hydrogen) atoms. The second kappa shape index (κ2) is 6.98. The first-order chi connectivity index (χ1) is 12.7. The van der Waals surface area contributed by atoms with Crippen LogP contribution in [0.4, 0.5) is 0 Å². The number of benzene rings is 2. The highest BCUT2D eigenvalue weighted by Gasteiger charge is 2.28. The van der Waals surface area contributed by atoms with E-state index in [1.165, 1.54) is 0 Å². The number of rotatable bonds is 3. The Morgan fingerprint density at radius 1 is 0.846 bits per heavy atom. The summed E-state index contributed by atoms with van der Waals surface area (Å²) in [4.78, 5) is 9.20. The number of nitrogens with zero attached hydrogens (tertiary/aromatic N) is 2. The molecule has 0 spiro atoms. The number of phenols is 2. The van der Waals surface area contributed by atoms with Gasteiger partial charge < -0.3 is 10.2 Å². The molecular weight excluding hydrogens is 326 g/mol. The smallest absolute Gasteiger partial charge is 0.143 e. The van der Waals surface area contributed by atoms with Gasteiger partial charge in [0.2, 0.25) is 0 Å². The summed E-state index contributed by atoms with van der Waals surface area (Å²) in [6.07, 6.45) is 1.93. The average molecular weight is 345 g/mol. The number of phenolic OH excluding ortho intramolecular Hbond substituents is 2. The van der Waals surface area contributed by atoms with E-state index in [9.17, 15) is 10.2 Å². The Kier molecular flexibility index (Phi) is 4.37. The van der Waals surface area contributed by atoms with Crippen LogP contribution >= 0.6 is 0 Å². The summed E-state index contributed by atoms with van der Waals surface area (Å²) in [6.45, 7) is 0. The lowest BCUT2D eigenvalue weighted by Gasteiger charge is -2.30.